The van der Waals surface area contributed by atoms with Crippen molar-refractivity contribution in [2.45, 2.75) is 56.9 Å². The van der Waals surface area contributed by atoms with Gasteiger partial charge in [-0.15, -0.1) is 0 Å². The Bertz CT molecular complexity index is 1370. The van der Waals surface area contributed by atoms with E-state index in [-0.39, 0.29) is 23.8 Å². The zero-order valence-electron chi connectivity index (χ0n) is 26.6. The van der Waals surface area contributed by atoms with Crippen LogP contribution in [-0.4, -0.2) is 137 Å². The molecule has 14 heteroatoms. The van der Waals surface area contributed by atoms with Crippen molar-refractivity contribution in [1.29, 1.82) is 0 Å². The van der Waals surface area contributed by atoms with Gasteiger partial charge in [0.1, 0.15) is 11.6 Å². The highest BCUT2D eigenvalue weighted by atomic mass is 32.2. The number of benzene rings is 1. The van der Waals surface area contributed by atoms with Gasteiger partial charge in [-0.2, -0.15) is 4.31 Å². The van der Waals surface area contributed by atoms with Crippen LogP contribution in [0.1, 0.15) is 56.4 Å². The summed E-state index contributed by atoms with van der Waals surface area (Å²) < 4.78 is 79.3. The molecule has 1 amide bonds. The predicted octanol–water partition coefficient (Wildman–Crippen LogP) is 2.39. The molecule has 45 heavy (non-hydrogen) atoms. The Hall–Kier alpha value is -1.71. The Morgan fingerprint density at radius 1 is 0.778 bits per heavy atom. The number of amides is 1. The largest absolute Gasteiger partial charge is 0.338 e. The number of carbonyl (C=O) groups is 1. The van der Waals surface area contributed by atoms with Gasteiger partial charge in [0.25, 0.3) is 0 Å². The first-order valence-corrected chi connectivity index (χ1v) is 20.1. The fourth-order valence-corrected chi connectivity index (χ4v) is 9.09. The highest BCUT2D eigenvalue weighted by Gasteiger charge is 2.36. The third kappa shape index (κ3) is 9.66. The van der Waals surface area contributed by atoms with E-state index in [1.165, 1.54) is 33.3 Å². The third-order valence-electron chi connectivity index (χ3n) is 10.2. The van der Waals surface area contributed by atoms with Crippen molar-refractivity contribution >= 4 is 26.0 Å². The molecule has 10 nitrogen and oxygen atoms in total. The summed E-state index contributed by atoms with van der Waals surface area (Å²) in [7, 11) is -6.49. The number of carbonyl (C=O) groups excluding carboxylic acids is 1. The molecule has 0 spiro atoms. The number of sulfonamides is 2. The molecule has 0 radical (unpaired) electrons. The monoisotopic (exact) mass is 673 g/mol. The molecule has 5 rings (SSSR count). The van der Waals surface area contributed by atoms with Gasteiger partial charge in [-0.05, 0) is 86.9 Å². The summed E-state index contributed by atoms with van der Waals surface area (Å²) in [6.07, 6.45) is 8.52. The average molecular weight is 674 g/mol. The van der Waals surface area contributed by atoms with Crippen LogP contribution in [0.3, 0.4) is 0 Å². The molecule has 254 valence electrons. The standard InChI is InChI=1S/C31H49F2N5O5S2/c1-44(40,41)36-13-5-25(6-14-36)30(26-19-27(32)21-28(33)20-26)9-12-34-10-7-29(8-11-34)38(22-24-3-4-24)31(39)23-35-15-17-37(18-16-35)45(2,42)43/h19-21,24-25,29-30H,3-18,22-23H2,1-2H3/t30-/m1/s1. The van der Waals surface area contributed by atoms with Gasteiger partial charge in [0.2, 0.25) is 26.0 Å². The average Bonchev–Trinajstić information content (AvgIpc) is 3.80. The Kier molecular flexibility index (Phi) is 11.2. The van der Waals surface area contributed by atoms with Gasteiger partial charge in [0.05, 0.1) is 19.1 Å². The summed E-state index contributed by atoms with van der Waals surface area (Å²) >= 11 is 0. The first-order chi connectivity index (χ1) is 21.3. The number of piperidine rings is 2. The van der Waals surface area contributed by atoms with Crippen LogP contribution in [0.5, 0.6) is 0 Å². The Balaban J connectivity index is 1.16. The van der Waals surface area contributed by atoms with Crippen molar-refractivity contribution in [3.63, 3.8) is 0 Å². The second-order valence-electron chi connectivity index (χ2n) is 13.6. The van der Waals surface area contributed by atoms with Crippen molar-refractivity contribution in [1.82, 2.24) is 23.3 Å². The van der Waals surface area contributed by atoms with Crippen molar-refractivity contribution in [2.75, 3.05) is 84.5 Å². The highest BCUT2D eigenvalue weighted by Crippen LogP contribution is 2.37. The Morgan fingerprint density at radius 3 is 1.87 bits per heavy atom. The van der Waals surface area contributed by atoms with E-state index in [1.54, 1.807) is 0 Å². The fourth-order valence-electron chi connectivity index (χ4n) is 7.38. The number of nitrogens with zero attached hydrogens (tertiary/aromatic N) is 5. The van der Waals surface area contributed by atoms with E-state index in [4.69, 9.17) is 0 Å². The lowest BCUT2D eigenvalue weighted by atomic mass is 9.78. The predicted molar refractivity (Wildman–Crippen MR) is 170 cm³/mol. The van der Waals surface area contributed by atoms with Gasteiger partial charge in [-0.3, -0.25) is 9.69 Å². The molecule has 1 aromatic rings. The molecule has 0 aromatic heterocycles. The highest BCUT2D eigenvalue weighted by molar-refractivity contribution is 7.88. The summed E-state index contributed by atoms with van der Waals surface area (Å²) in [6, 6.07) is 3.90. The number of rotatable bonds is 12. The molecule has 3 aliphatic heterocycles. The lowest BCUT2D eigenvalue weighted by molar-refractivity contribution is -0.136. The summed E-state index contributed by atoms with van der Waals surface area (Å²) in [5.74, 6) is -0.444. The molecule has 0 bridgehead atoms. The topological polar surface area (TPSA) is 102 Å². The second-order valence-corrected chi connectivity index (χ2v) is 17.6. The minimum Gasteiger partial charge on any atom is -0.338 e. The molecule has 3 heterocycles. The van der Waals surface area contributed by atoms with Crippen LogP contribution in [-0.2, 0) is 24.8 Å². The van der Waals surface area contributed by atoms with E-state index in [9.17, 15) is 30.4 Å². The normalized spacial score (nSPS) is 23.3. The molecular formula is C31H49F2N5O5S2. The maximum Gasteiger partial charge on any atom is 0.237 e. The Labute approximate surface area is 267 Å². The maximum atomic E-state index is 14.3. The minimum absolute atomic E-state index is 0.0780. The van der Waals surface area contributed by atoms with Crippen LogP contribution in [0.15, 0.2) is 18.2 Å². The summed E-state index contributed by atoms with van der Waals surface area (Å²) in [5.41, 5.74) is 0.638. The van der Waals surface area contributed by atoms with Gasteiger partial charge in [-0.1, -0.05) is 0 Å². The van der Waals surface area contributed by atoms with Crippen molar-refractivity contribution in [3.8, 4) is 0 Å². The SMILES string of the molecule is CS(=O)(=O)N1CCC([C@@H](CCN2CCC(N(CC3CC3)C(=O)CN3CCN(S(C)(=O)=O)CC3)CC2)c2cc(F)cc(F)c2)CC1. The van der Waals surface area contributed by atoms with Crippen LogP contribution < -0.4 is 0 Å². The van der Waals surface area contributed by atoms with E-state index >= 15 is 0 Å². The van der Waals surface area contributed by atoms with E-state index in [0.717, 1.165) is 64.3 Å². The lowest BCUT2D eigenvalue weighted by Gasteiger charge is -2.41. The van der Waals surface area contributed by atoms with Crippen LogP contribution in [0.25, 0.3) is 0 Å². The smallest absolute Gasteiger partial charge is 0.237 e. The van der Waals surface area contributed by atoms with Gasteiger partial charge in [-0.25, -0.2) is 29.9 Å². The van der Waals surface area contributed by atoms with Gasteiger partial charge in [0, 0.05) is 71.0 Å². The van der Waals surface area contributed by atoms with Gasteiger partial charge >= 0.3 is 0 Å². The molecule has 1 aromatic carbocycles. The zero-order chi connectivity index (χ0) is 32.4. The number of piperazine rings is 1. The molecule has 1 saturated carbocycles. The van der Waals surface area contributed by atoms with Crippen LogP contribution in [0.4, 0.5) is 8.78 Å². The number of hydrogen-bond donors (Lipinski definition) is 0. The third-order valence-corrected chi connectivity index (χ3v) is 12.8. The molecule has 0 unspecified atom stereocenters. The summed E-state index contributed by atoms with van der Waals surface area (Å²) in [4.78, 5) is 20.1. The lowest BCUT2D eigenvalue weighted by Crippen LogP contribution is -2.54. The van der Waals surface area contributed by atoms with Crippen molar-refractivity contribution < 1.29 is 30.4 Å². The Morgan fingerprint density at radius 2 is 1.33 bits per heavy atom. The van der Waals surface area contributed by atoms with E-state index < -0.39 is 31.7 Å². The molecule has 1 atom stereocenters. The van der Waals surface area contributed by atoms with Crippen LogP contribution in [0.2, 0.25) is 0 Å². The fraction of sp³-hybridized carbons (Fsp3) is 0.774. The molecule has 4 aliphatic rings. The number of halogens is 2. The minimum atomic E-state index is -3.27. The number of hydrogen-bond acceptors (Lipinski definition) is 7. The zero-order valence-corrected chi connectivity index (χ0v) is 28.3. The van der Waals surface area contributed by atoms with E-state index in [1.807, 2.05) is 0 Å². The van der Waals surface area contributed by atoms with Crippen molar-refractivity contribution in [3.05, 3.63) is 35.4 Å². The van der Waals surface area contributed by atoms with Crippen LogP contribution >= 0.6 is 0 Å². The summed E-state index contributed by atoms with van der Waals surface area (Å²) in [6.45, 7) is 6.30. The summed E-state index contributed by atoms with van der Waals surface area (Å²) in [5, 5.41) is 0. The maximum absolute atomic E-state index is 14.3. The van der Waals surface area contributed by atoms with Crippen molar-refractivity contribution in [2.24, 2.45) is 11.8 Å². The second kappa shape index (κ2) is 14.6. The first-order valence-electron chi connectivity index (χ1n) is 16.4. The van der Waals surface area contributed by atoms with E-state index in [2.05, 4.69) is 14.7 Å². The van der Waals surface area contributed by atoms with Gasteiger partial charge in [0.15, 0.2) is 0 Å². The quantitative estimate of drug-likeness (QED) is 0.336. The molecule has 3 saturated heterocycles. The number of likely N-dealkylation sites (tertiary alicyclic amines) is 1. The molecular weight excluding hydrogens is 625 g/mol. The molecule has 0 N–H and O–H groups in total. The molecule has 1 aliphatic carbocycles. The van der Waals surface area contributed by atoms with Crippen LogP contribution in [0, 0.1) is 23.5 Å². The molecule has 4 fully saturated rings. The first kappa shape index (κ1) is 34.6. The van der Waals surface area contributed by atoms with E-state index in [0.29, 0.717) is 70.1 Å². The van der Waals surface area contributed by atoms with Gasteiger partial charge < -0.3 is 9.80 Å².